The predicted molar refractivity (Wildman–Crippen MR) is 75.2 cm³/mol. The van der Waals surface area contributed by atoms with Crippen LogP contribution >= 0.6 is 11.3 Å². The molecule has 1 heterocycles. The number of anilines is 1. The van der Waals surface area contributed by atoms with Crippen molar-refractivity contribution in [1.29, 1.82) is 0 Å². The summed E-state index contributed by atoms with van der Waals surface area (Å²) in [5.74, 6) is 0. The molecule has 0 fully saturated rings. The minimum absolute atomic E-state index is 0.128. The number of rotatable bonds is 5. The third-order valence-electron chi connectivity index (χ3n) is 2.71. The maximum Gasteiger partial charge on any atom is 0.395 e. The Hall–Kier alpha value is -1.56. The maximum absolute atomic E-state index is 12.2. The molecule has 2 aromatic rings. The van der Waals surface area contributed by atoms with Crippen LogP contribution in [0.4, 0.5) is 18.9 Å². The molecule has 0 unspecified atom stereocenters. The molecule has 1 aromatic carbocycles. The van der Waals surface area contributed by atoms with E-state index >= 15 is 0 Å². The van der Waals surface area contributed by atoms with Gasteiger partial charge in [-0.2, -0.15) is 13.2 Å². The number of hydrogen-bond donors (Lipinski definition) is 1. The van der Waals surface area contributed by atoms with Gasteiger partial charge in [-0.05, 0) is 19.1 Å². The van der Waals surface area contributed by atoms with Crippen molar-refractivity contribution >= 4 is 17.0 Å². The van der Waals surface area contributed by atoms with Crippen molar-refractivity contribution < 1.29 is 13.2 Å². The Morgan fingerprint density at radius 3 is 2.55 bits per heavy atom. The molecule has 2 rings (SSSR count). The van der Waals surface area contributed by atoms with Crippen LogP contribution in [-0.4, -0.2) is 17.7 Å². The molecule has 0 amide bonds. The number of hydrogen-bond acceptors (Lipinski definition) is 3. The summed E-state index contributed by atoms with van der Waals surface area (Å²) in [6.45, 7) is 2.67. The highest BCUT2D eigenvalue weighted by molar-refractivity contribution is 7.09. The smallest absolute Gasteiger partial charge is 0.385 e. The average molecular weight is 300 g/mol. The summed E-state index contributed by atoms with van der Waals surface area (Å²) >= 11 is 1.07. The molecular formula is C14H15F3N2S. The summed E-state index contributed by atoms with van der Waals surface area (Å²) in [5, 5.41) is 5.04. The van der Waals surface area contributed by atoms with Crippen LogP contribution in [0.25, 0.3) is 0 Å². The Morgan fingerprint density at radius 1 is 1.20 bits per heavy atom. The first-order chi connectivity index (χ1) is 9.42. The van der Waals surface area contributed by atoms with E-state index in [0.29, 0.717) is 18.7 Å². The van der Waals surface area contributed by atoms with Gasteiger partial charge in [0.2, 0.25) is 0 Å². The second-order valence-corrected chi connectivity index (χ2v) is 5.51. The first-order valence-corrected chi connectivity index (χ1v) is 7.11. The zero-order valence-corrected chi connectivity index (χ0v) is 11.8. The lowest BCUT2D eigenvalue weighted by atomic mass is 10.2. The van der Waals surface area contributed by atoms with Crippen molar-refractivity contribution in [3.8, 4) is 0 Å². The van der Waals surface area contributed by atoms with E-state index in [4.69, 9.17) is 0 Å². The normalized spacial score (nSPS) is 11.6. The molecule has 0 saturated heterocycles. The van der Waals surface area contributed by atoms with Crippen LogP contribution in [0.3, 0.4) is 0 Å². The van der Waals surface area contributed by atoms with Crippen molar-refractivity contribution in [1.82, 2.24) is 4.98 Å². The number of nitrogens with zero attached hydrogens (tertiary/aromatic N) is 1. The van der Waals surface area contributed by atoms with E-state index in [0.717, 1.165) is 17.0 Å². The molecule has 0 saturated carbocycles. The van der Waals surface area contributed by atoms with Gasteiger partial charge in [-0.25, -0.2) is 4.98 Å². The van der Waals surface area contributed by atoms with Crippen LogP contribution in [0.5, 0.6) is 0 Å². The van der Waals surface area contributed by atoms with E-state index in [1.807, 2.05) is 31.2 Å². The lowest BCUT2D eigenvalue weighted by Crippen LogP contribution is -2.11. The highest BCUT2D eigenvalue weighted by atomic mass is 32.1. The van der Waals surface area contributed by atoms with Crippen LogP contribution < -0.4 is 5.32 Å². The number of thiazole rings is 1. The molecule has 0 bridgehead atoms. The second-order valence-electron chi connectivity index (χ2n) is 4.57. The van der Waals surface area contributed by atoms with Crippen molar-refractivity contribution in [3.05, 3.63) is 45.9 Å². The van der Waals surface area contributed by atoms with E-state index in [1.165, 1.54) is 5.56 Å². The van der Waals surface area contributed by atoms with Crippen LogP contribution in [-0.2, 0) is 12.8 Å². The van der Waals surface area contributed by atoms with E-state index in [-0.39, 0.29) is 5.01 Å². The van der Waals surface area contributed by atoms with Crippen LogP contribution in [0, 0.1) is 6.92 Å². The van der Waals surface area contributed by atoms with Gasteiger partial charge < -0.3 is 5.32 Å². The Balaban J connectivity index is 1.81. The molecule has 0 aliphatic rings. The molecule has 108 valence electrons. The van der Waals surface area contributed by atoms with Gasteiger partial charge in [-0.15, -0.1) is 11.3 Å². The SMILES string of the molecule is Cc1ccc(NCCc2csc(CC(F)(F)F)n2)cc1. The summed E-state index contributed by atoms with van der Waals surface area (Å²) < 4.78 is 36.6. The highest BCUT2D eigenvalue weighted by Crippen LogP contribution is 2.23. The van der Waals surface area contributed by atoms with Gasteiger partial charge in [0.1, 0.15) is 5.01 Å². The van der Waals surface area contributed by atoms with Gasteiger partial charge in [0.15, 0.2) is 0 Å². The van der Waals surface area contributed by atoms with Crippen LogP contribution in [0.1, 0.15) is 16.3 Å². The highest BCUT2D eigenvalue weighted by Gasteiger charge is 2.29. The lowest BCUT2D eigenvalue weighted by molar-refractivity contribution is -0.127. The van der Waals surface area contributed by atoms with Gasteiger partial charge in [0.25, 0.3) is 0 Å². The summed E-state index contributed by atoms with van der Waals surface area (Å²) in [7, 11) is 0. The first kappa shape index (κ1) is 14.8. The van der Waals surface area contributed by atoms with E-state index < -0.39 is 12.6 Å². The first-order valence-electron chi connectivity index (χ1n) is 6.23. The third-order valence-corrected chi connectivity index (χ3v) is 3.61. The molecule has 6 heteroatoms. The number of alkyl halides is 3. The number of aromatic nitrogens is 1. The average Bonchev–Trinajstić information content (AvgIpc) is 2.77. The van der Waals surface area contributed by atoms with E-state index in [2.05, 4.69) is 10.3 Å². The molecule has 1 aromatic heterocycles. The van der Waals surface area contributed by atoms with Gasteiger partial charge >= 0.3 is 6.18 Å². The molecular weight excluding hydrogens is 285 g/mol. The molecule has 0 atom stereocenters. The topological polar surface area (TPSA) is 24.9 Å². The molecule has 20 heavy (non-hydrogen) atoms. The largest absolute Gasteiger partial charge is 0.395 e. The zero-order chi connectivity index (χ0) is 14.6. The lowest BCUT2D eigenvalue weighted by Gasteiger charge is -2.05. The van der Waals surface area contributed by atoms with E-state index in [9.17, 15) is 13.2 Å². The van der Waals surface area contributed by atoms with Crippen LogP contribution in [0.2, 0.25) is 0 Å². The fraction of sp³-hybridized carbons (Fsp3) is 0.357. The summed E-state index contributed by atoms with van der Waals surface area (Å²) in [4.78, 5) is 4.00. The summed E-state index contributed by atoms with van der Waals surface area (Å²) in [6.07, 6.45) is -4.51. The monoisotopic (exact) mass is 300 g/mol. The standard InChI is InChI=1S/C14H15F3N2S/c1-10-2-4-11(5-3-10)18-7-6-12-9-20-13(19-12)8-14(15,16)17/h2-5,9,18H,6-8H2,1H3. The number of aryl methyl sites for hydroxylation is 1. The van der Waals surface area contributed by atoms with Crippen molar-refractivity contribution in [3.63, 3.8) is 0 Å². The van der Waals surface area contributed by atoms with Crippen molar-refractivity contribution in [2.24, 2.45) is 0 Å². The molecule has 0 radical (unpaired) electrons. The van der Waals surface area contributed by atoms with Gasteiger partial charge in [0, 0.05) is 24.0 Å². The van der Waals surface area contributed by atoms with Gasteiger partial charge in [-0.1, -0.05) is 17.7 Å². The fourth-order valence-electron chi connectivity index (χ4n) is 1.72. The van der Waals surface area contributed by atoms with Gasteiger partial charge in [-0.3, -0.25) is 0 Å². The number of nitrogens with one attached hydrogen (secondary N) is 1. The van der Waals surface area contributed by atoms with Crippen LogP contribution in [0.15, 0.2) is 29.6 Å². The Labute approximate surface area is 119 Å². The van der Waals surface area contributed by atoms with Gasteiger partial charge in [0.05, 0.1) is 12.1 Å². The molecule has 1 N–H and O–H groups in total. The molecule has 0 spiro atoms. The third kappa shape index (κ3) is 4.85. The number of benzene rings is 1. The minimum atomic E-state index is -4.19. The molecule has 0 aliphatic heterocycles. The maximum atomic E-state index is 12.2. The number of halogens is 3. The Bertz CT molecular complexity index is 546. The van der Waals surface area contributed by atoms with Crippen molar-refractivity contribution in [2.45, 2.75) is 25.9 Å². The Kier molecular flexibility index (Phi) is 4.65. The molecule has 0 aliphatic carbocycles. The molecule has 2 nitrogen and oxygen atoms in total. The fourth-order valence-corrected chi connectivity index (χ4v) is 2.58. The second kappa shape index (κ2) is 6.26. The quantitative estimate of drug-likeness (QED) is 0.894. The summed E-state index contributed by atoms with van der Waals surface area (Å²) in [5.41, 5.74) is 2.89. The zero-order valence-electron chi connectivity index (χ0n) is 11.0. The predicted octanol–water partition coefficient (Wildman–Crippen LogP) is 4.21. The van der Waals surface area contributed by atoms with Crippen molar-refractivity contribution in [2.75, 3.05) is 11.9 Å². The minimum Gasteiger partial charge on any atom is -0.385 e. The van der Waals surface area contributed by atoms with E-state index in [1.54, 1.807) is 5.38 Å². The summed E-state index contributed by atoms with van der Waals surface area (Å²) in [6, 6.07) is 7.97. The Morgan fingerprint density at radius 2 is 1.90 bits per heavy atom.